The number of methoxy groups -OCH3 is 2. The molecule has 30 heavy (non-hydrogen) atoms. The summed E-state index contributed by atoms with van der Waals surface area (Å²) in [6.07, 6.45) is 21.6. The van der Waals surface area contributed by atoms with Crippen molar-refractivity contribution in [1.82, 2.24) is 4.98 Å². The van der Waals surface area contributed by atoms with Crippen LogP contribution in [0.4, 0.5) is 0 Å². The maximum absolute atomic E-state index is 8.77. The molecule has 1 aromatic carbocycles. The minimum Gasteiger partial charge on any atom is -0.493 e. The van der Waals surface area contributed by atoms with Crippen molar-refractivity contribution in [3.63, 3.8) is 0 Å². The van der Waals surface area contributed by atoms with E-state index in [-0.39, 0.29) is 0 Å². The fourth-order valence-electron chi connectivity index (χ4n) is 4.35. The van der Waals surface area contributed by atoms with Gasteiger partial charge in [-0.1, -0.05) is 77.0 Å². The summed E-state index contributed by atoms with van der Waals surface area (Å²) in [6.45, 7) is 0.354. The minimum absolute atomic E-state index is 0.354. The lowest BCUT2D eigenvalue weighted by atomic mass is 10.0. The first-order valence-electron chi connectivity index (χ1n) is 12.1. The van der Waals surface area contributed by atoms with Crippen LogP contribution in [-0.4, -0.2) is 30.9 Å². The van der Waals surface area contributed by atoms with Crippen LogP contribution in [0.15, 0.2) is 18.3 Å². The molecule has 0 saturated heterocycles. The van der Waals surface area contributed by atoms with Gasteiger partial charge in [0.25, 0.3) is 0 Å². The van der Waals surface area contributed by atoms with Crippen molar-refractivity contribution in [2.24, 2.45) is 0 Å². The van der Waals surface area contributed by atoms with Crippen LogP contribution in [0.2, 0.25) is 0 Å². The number of aromatic amines is 1. The Labute approximate surface area is 183 Å². The number of aromatic nitrogens is 1. The van der Waals surface area contributed by atoms with Gasteiger partial charge in [-0.15, -0.1) is 0 Å². The second-order valence-corrected chi connectivity index (χ2v) is 8.46. The lowest BCUT2D eigenvalue weighted by Gasteiger charge is -2.10. The van der Waals surface area contributed by atoms with Gasteiger partial charge in [0, 0.05) is 23.7 Å². The Morgan fingerprint density at radius 1 is 0.700 bits per heavy atom. The van der Waals surface area contributed by atoms with E-state index >= 15 is 0 Å². The summed E-state index contributed by atoms with van der Waals surface area (Å²) in [5, 5.41) is 9.94. The van der Waals surface area contributed by atoms with Gasteiger partial charge in [-0.3, -0.25) is 0 Å². The molecule has 0 fully saturated rings. The largest absolute Gasteiger partial charge is 0.493 e. The third-order valence-electron chi connectivity index (χ3n) is 6.12. The number of unbranched alkanes of at least 4 members (excludes halogenated alkanes) is 13. The van der Waals surface area contributed by atoms with Gasteiger partial charge in [-0.2, -0.15) is 0 Å². The highest BCUT2D eigenvalue weighted by Gasteiger charge is 2.14. The van der Waals surface area contributed by atoms with Crippen molar-refractivity contribution in [1.29, 1.82) is 0 Å². The van der Waals surface area contributed by atoms with Crippen LogP contribution in [0.1, 0.15) is 95.5 Å². The number of rotatable bonds is 18. The molecule has 4 nitrogen and oxygen atoms in total. The van der Waals surface area contributed by atoms with E-state index in [1.54, 1.807) is 14.2 Å². The van der Waals surface area contributed by atoms with Gasteiger partial charge < -0.3 is 19.6 Å². The van der Waals surface area contributed by atoms with Crippen molar-refractivity contribution in [3.8, 4) is 11.5 Å². The molecular weight excluding hydrogens is 374 g/mol. The Balaban J connectivity index is 1.51. The number of hydrogen-bond donors (Lipinski definition) is 2. The van der Waals surface area contributed by atoms with Gasteiger partial charge in [0.2, 0.25) is 0 Å². The molecular formula is C26H43NO3. The first-order valence-corrected chi connectivity index (χ1v) is 12.1. The molecule has 2 rings (SSSR count). The van der Waals surface area contributed by atoms with Crippen LogP contribution in [-0.2, 0) is 6.42 Å². The molecule has 1 aromatic heterocycles. The smallest absolute Gasteiger partial charge is 0.170 e. The van der Waals surface area contributed by atoms with Gasteiger partial charge in [0.1, 0.15) is 0 Å². The monoisotopic (exact) mass is 417 g/mol. The fraction of sp³-hybridized carbons (Fsp3) is 0.692. The van der Waals surface area contributed by atoms with Crippen LogP contribution >= 0.6 is 0 Å². The van der Waals surface area contributed by atoms with E-state index in [0.29, 0.717) is 6.61 Å². The van der Waals surface area contributed by atoms with Crippen LogP contribution in [0.5, 0.6) is 11.5 Å². The second-order valence-electron chi connectivity index (χ2n) is 8.46. The standard InChI is InChI=1S/C26H43NO3/c1-29-24-19-18-23-25(26(24)30-2)22(21-27-23)17-15-13-11-9-7-5-3-4-6-8-10-12-14-16-20-28/h18-19,21,27-28H,3-17,20H2,1-2H3. The van der Waals surface area contributed by atoms with E-state index in [4.69, 9.17) is 14.6 Å². The zero-order chi connectivity index (χ0) is 21.4. The lowest BCUT2D eigenvalue weighted by molar-refractivity contribution is 0.282. The maximum Gasteiger partial charge on any atom is 0.170 e. The summed E-state index contributed by atoms with van der Waals surface area (Å²) in [4.78, 5) is 3.37. The first kappa shape index (κ1) is 24.6. The van der Waals surface area contributed by atoms with Gasteiger partial charge in [-0.05, 0) is 37.0 Å². The molecule has 2 aromatic rings. The van der Waals surface area contributed by atoms with Gasteiger partial charge in [-0.25, -0.2) is 0 Å². The number of hydrogen-bond acceptors (Lipinski definition) is 3. The highest BCUT2D eigenvalue weighted by atomic mass is 16.5. The van der Waals surface area contributed by atoms with Crippen molar-refractivity contribution in [2.75, 3.05) is 20.8 Å². The van der Waals surface area contributed by atoms with Crippen molar-refractivity contribution in [2.45, 2.75) is 96.3 Å². The summed E-state index contributed by atoms with van der Waals surface area (Å²) in [7, 11) is 3.41. The Bertz CT molecular complexity index is 695. The summed E-state index contributed by atoms with van der Waals surface area (Å²) >= 11 is 0. The first-order chi connectivity index (χ1) is 14.8. The normalized spacial score (nSPS) is 11.3. The average molecular weight is 418 g/mol. The highest BCUT2D eigenvalue weighted by Crippen LogP contribution is 2.37. The summed E-state index contributed by atoms with van der Waals surface area (Å²) < 4.78 is 11.1. The molecule has 0 amide bonds. The molecule has 0 aliphatic carbocycles. The SMILES string of the molecule is COc1ccc2[nH]cc(CCCCCCCCCCCCCCCCO)c2c1OC. The number of H-pyrrole nitrogens is 1. The predicted octanol–water partition coefficient (Wildman–Crippen LogP) is 7.18. The van der Waals surface area contributed by atoms with Crippen LogP contribution < -0.4 is 9.47 Å². The molecule has 1 heterocycles. The van der Waals surface area contributed by atoms with E-state index in [1.807, 2.05) is 6.07 Å². The molecule has 0 saturated carbocycles. The Morgan fingerprint density at radius 3 is 1.73 bits per heavy atom. The predicted molar refractivity (Wildman–Crippen MR) is 127 cm³/mol. The van der Waals surface area contributed by atoms with E-state index < -0.39 is 0 Å². The third kappa shape index (κ3) is 8.22. The Morgan fingerprint density at radius 2 is 1.23 bits per heavy atom. The molecule has 0 aliphatic rings. The number of aliphatic hydroxyl groups is 1. The zero-order valence-corrected chi connectivity index (χ0v) is 19.3. The number of benzene rings is 1. The summed E-state index contributed by atoms with van der Waals surface area (Å²) in [5.41, 5.74) is 2.45. The van der Waals surface area contributed by atoms with Gasteiger partial charge in [0.15, 0.2) is 11.5 Å². The van der Waals surface area contributed by atoms with Crippen molar-refractivity contribution < 1.29 is 14.6 Å². The van der Waals surface area contributed by atoms with Crippen molar-refractivity contribution >= 4 is 10.9 Å². The molecule has 0 spiro atoms. The van der Waals surface area contributed by atoms with Crippen LogP contribution in [0.25, 0.3) is 10.9 Å². The number of aryl methyl sites for hydroxylation is 1. The molecule has 2 N–H and O–H groups in total. The topological polar surface area (TPSA) is 54.5 Å². The summed E-state index contributed by atoms with van der Waals surface area (Å²) in [5.74, 6) is 1.64. The summed E-state index contributed by atoms with van der Waals surface area (Å²) in [6, 6.07) is 4.03. The number of aliphatic hydroxyl groups excluding tert-OH is 1. The maximum atomic E-state index is 8.77. The molecule has 0 bridgehead atoms. The molecule has 4 heteroatoms. The number of ether oxygens (including phenoxy) is 2. The molecule has 0 unspecified atom stereocenters. The lowest BCUT2D eigenvalue weighted by Crippen LogP contribution is -1.93. The number of fused-ring (bicyclic) bond motifs is 1. The van der Waals surface area contributed by atoms with E-state index in [2.05, 4.69) is 17.2 Å². The quantitative estimate of drug-likeness (QED) is 0.253. The molecule has 0 atom stereocenters. The minimum atomic E-state index is 0.354. The van der Waals surface area contributed by atoms with Crippen LogP contribution in [0.3, 0.4) is 0 Å². The number of nitrogens with one attached hydrogen (secondary N) is 1. The second kappa shape index (κ2) is 15.2. The Kier molecular flexibility index (Phi) is 12.4. The average Bonchev–Trinajstić information content (AvgIpc) is 3.18. The van der Waals surface area contributed by atoms with Crippen molar-refractivity contribution in [3.05, 3.63) is 23.9 Å². The van der Waals surface area contributed by atoms with Gasteiger partial charge >= 0.3 is 0 Å². The van der Waals surface area contributed by atoms with E-state index in [1.165, 1.54) is 94.4 Å². The van der Waals surface area contributed by atoms with Crippen LogP contribution in [0, 0.1) is 0 Å². The van der Waals surface area contributed by atoms with Gasteiger partial charge in [0.05, 0.1) is 14.2 Å². The highest BCUT2D eigenvalue weighted by molar-refractivity contribution is 5.91. The third-order valence-corrected chi connectivity index (χ3v) is 6.12. The Hall–Kier alpha value is -1.68. The van der Waals surface area contributed by atoms with E-state index in [0.717, 1.165) is 29.9 Å². The molecule has 0 aliphatic heterocycles. The molecule has 0 radical (unpaired) electrons. The van der Waals surface area contributed by atoms with E-state index in [9.17, 15) is 0 Å². The molecule has 170 valence electrons. The zero-order valence-electron chi connectivity index (χ0n) is 19.3. The fourth-order valence-corrected chi connectivity index (χ4v) is 4.35.